The SMILES string of the molecule is CCCC1CCC(CN)(OCOCc2ccccc2)CC1. The number of rotatable bonds is 8. The molecule has 3 nitrogen and oxygen atoms in total. The zero-order valence-electron chi connectivity index (χ0n) is 13.2. The Hall–Kier alpha value is -0.900. The Bertz CT molecular complexity index is 385. The highest BCUT2D eigenvalue weighted by atomic mass is 16.7. The van der Waals surface area contributed by atoms with Crippen LogP contribution in [0.1, 0.15) is 51.0 Å². The molecule has 1 saturated carbocycles. The highest BCUT2D eigenvalue weighted by Gasteiger charge is 2.34. The summed E-state index contributed by atoms with van der Waals surface area (Å²) in [5, 5.41) is 0. The number of benzene rings is 1. The summed E-state index contributed by atoms with van der Waals surface area (Å²) in [6, 6.07) is 10.2. The van der Waals surface area contributed by atoms with E-state index in [0.29, 0.717) is 19.9 Å². The van der Waals surface area contributed by atoms with Crippen molar-refractivity contribution in [2.45, 2.75) is 57.7 Å². The normalized spacial score (nSPS) is 25.9. The average Bonchev–Trinajstić information content (AvgIpc) is 2.55. The van der Waals surface area contributed by atoms with E-state index in [0.717, 1.165) is 18.8 Å². The lowest BCUT2D eigenvalue weighted by Gasteiger charge is -2.39. The fourth-order valence-corrected chi connectivity index (χ4v) is 3.21. The highest BCUT2D eigenvalue weighted by Crippen LogP contribution is 2.36. The maximum atomic E-state index is 6.02. The van der Waals surface area contributed by atoms with Crippen molar-refractivity contribution in [1.82, 2.24) is 0 Å². The van der Waals surface area contributed by atoms with Gasteiger partial charge in [0.15, 0.2) is 0 Å². The van der Waals surface area contributed by atoms with Gasteiger partial charge in [0, 0.05) is 6.54 Å². The molecule has 3 heteroatoms. The molecule has 1 aromatic rings. The molecule has 2 N–H and O–H groups in total. The first-order chi connectivity index (χ1) is 10.3. The molecule has 0 radical (unpaired) electrons. The standard InChI is InChI=1S/C18H29NO2/c1-2-6-16-9-11-18(14-19,12-10-16)21-15-20-13-17-7-4-3-5-8-17/h3-5,7-8,16H,2,6,9-15,19H2,1H3. The second-order valence-corrected chi connectivity index (χ2v) is 6.22. The van der Waals surface area contributed by atoms with Gasteiger partial charge in [-0.05, 0) is 37.2 Å². The Kier molecular flexibility index (Phi) is 6.68. The molecule has 0 atom stereocenters. The lowest BCUT2D eigenvalue weighted by Crippen LogP contribution is -2.44. The van der Waals surface area contributed by atoms with Crippen LogP contribution in [0.15, 0.2) is 30.3 Å². The molecule has 0 bridgehead atoms. The molecule has 1 aliphatic rings. The number of ether oxygens (including phenoxy) is 2. The van der Waals surface area contributed by atoms with Gasteiger partial charge in [-0.25, -0.2) is 0 Å². The van der Waals surface area contributed by atoms with Gasteiger partial charge >= 0.3 is 0 Å². The molecule has 1 fully saturated rings. The van der Waals surface area contributed by atoms with E-state index in [1.807, 2.05) is 18.2 Å². The summed E-state index contributed by atoms with van der Waals surface area (Å²) in [5.41, 5.74) is 6.99. The van der Waals surface area contributed by atoms with E-state index < -0.39 is 0 Å². The number of hydrogen-bond acceptors (Lipinski definition) is 3. The van der Waals surface area contributed by atoms with E-state index in [1.54, 1.807) is 0 Å². The predicted octanol–water partition coefficient (Wildman–Crippen LogP) is 3.87. The summed E-state index contributed by atoms with van der Waals surface area (Å²) in [6.45, 7) is 3.80. The molecule has 0 aliphatic heterocycles. The van der Waals surface area contributed by atoms with Crippen LogP contribution in [-0.2, 0) is 16.1 Å². The second-order valence-electron chi connectivity index (χ2n) is 6.22. The first-order valence-corrected chi connectivity index (χ1v) is 8.24. The largest absolute Gasteiger partial charge is 0.351 e. The minimum atomic E-state index is -0.152. The van der Waals surface area contributed by atoms with E-state index >= 15 is 0 Å². The first-order valence-electron chi connectivity index (χ1n) is 8.24. The van der Waals surface area contributed by atoms with Gasteiger partial charge in [0.05, 0.1) is 12.2 Å². The number of nitrogens with two attached hydrogens (primary N) is 1. The van der Waals surface area contributed by atoms with E-state index in [4.69, 9.17) is 15.2 Å². The van der Waals surface area contributed by atoms with Gasteiger partial charge in [-0.1, -0.05) is 50.1 Å². The molecule has 1 aliphatic carbocycles. The summed E-state index contributed by atoms with van der Waals surface area (Å²) in [5.74, 6) is 0.864. The molecular weight excluding hydrogens is 262 g/mol. The van der Waals surface area contributed by atoms with Crippen LogP contribution in [0.25, 0.3) is 0 Å². The molecule has 0 unspecified atom stereocenters. The zero-order valence-corrected chi connectivity index (χ0v) is 13.2. The minimum absolute atomic E-state index is 0.152. The molecule has 0 saturated heterocycles. The smallest absolute Gasteiger partial charge is 0.147 e. The monoisotopic (exact) mass is 291 g/mol. The first kappa shape index (κ1) is 16.5. The minimum Gasteiger partial charge on any atom is -0.351 e. The molecule has 21 heavy (non-hydrogen) atoms. The van der Waals surface area contributed by atoms with Crippen molar-refractivity contribution in [3.63, 3.8) is 0 Å². The van der Waals surface area contributed by atoms with Crippen molar-refractivity contribution in [2.75, 3.05) is 13.3 Å². The summed E-state index contributed by atoms with van der Waals surface area (Å²) in [4.78, 5) is 0. The van der Waals surface area contributed by atoms with Crippen molar-refractivity contribution < 1.29 is 9.47 Å². The maximum Gasteiger partial charge on any atom is 0.147 e. The zero-order chi connectivity index (χ0) is 15.0. The van der Waals surface area contributed by atoms with Crippen molar-refractivity contribution in [3.8, 4) is 0 Å². The molecule has 0 aromatic heterocycles. The van der Waals surface area contributed by atoms with Gasteiger partial charge < -0.3 is 15.2 Å². The van der Waals surface area contributed by atoms with E-state index in [-0.39, 0.29) is 5.60 Å². The van der Waals surface area contributed by atoms with Gasteiger partial charge in [0.1, 0.15) is 6.79 Å². The van der Waals surface area contributed by atoms with Crippen LogP contribution in [0.5, 0.6) is 0 Å². The lowest BCUT2D eigenvalue weighted by molar-refractivity contribution is -0.159. The fourth-order valence-electron chi connectivity index (χ4n) is 3.21. The Labute approximate surface area is 128 Å². The van der Waals surface area contributed by atoms with Crippen LogP contribution in [-0.4, -0.2) is 18.9 Å². The summed E-state index contributed by atoms with van der Waals surface area (Å²) >= 11 is 0. The quantitative estimate of drug-likeness (QED) is 0.584. The Morgan fingerprint density at radius 1 is 1.19 bits per heavy atom. The van der Waals surface area contributed by atoms with Crippen molar-refractivity contribution in [2.24, 2.45) is 11.7 Å². The second kappa shape index (κ2) is 8.52. The van der Waals surface area contributed by atoms with Crippen molar-refractivity contribution >= 4 is 0 Å². The Morgan fingerprint density at radius 3 is 2.52 bits per heavy atom. The van der Waals surface area contributed by atoms with Crippen molar-refractivity contribution in [1.29, 1.82) is 0 Å². The van der Waals surface area contributed by atoms with Crippen LogP contribution in [0.4, 0.5) is 0 Å². The average molecular weight is 291 g/mol. The van der Waals surface area contributed by atoms with Crippen LogP contribution in [0.2, 0.25) is 0 Å². The summed E-state index contributed by atoms with van der Waals surface area (Å²) in [7, 11) is 0. The molecule has 0 amide bonds. The van der Waals surface area contributed by atoms with Gasteiger partial charge in [-0.3, -0.25) is 0 Å². The van der Waals surface area contributed by atoms with E-state index in [9.17, 15) is 0 Å². The lowest BCUT2D eigenvalue weighted by atomic mass is 9.77. The van der Waals surface area contributed by atoms with Crippen LogP contribution >= 0.6 is 0 Å². The Balaban J connectivity index is 1.70. The summed E-state index contributed by atoms with van der Waals surface area (Å²) < 4.78 is 11.7. The van der Waals surface area contributed by atoms with Crippen LogP contribution < -0.4 is 5.73 Å². The topological polar surface area (TPSA) is 44.5 Å². The van der Waals surface area contributed by atoms with Crippen LogP contribution in [0, 0.1) is 5.92 Å². The van der Waals surface area contributed by atoms with Crippen LogP contribution in [0.3, 0.4) is 0 Å². The summed E-state index contributed by atoms with van der Waals surface area (Å²) in [6.07, 6.45) is 7.24. The van der Waals surface area contributed by atoms with Gasteiger partial charge in [0.2, 0.25) is 0 Å². The third-order valence-electron chi connectivity index (χ3n) is 4.65. The molecule has 0 spiro atoms. The highest BCUT2D eigenvalue weighted by molar-refractivity contribution is 5.13. The molecule has 1 aromatic carbocycles. The fraction of sp³-hybridized carbons (Fsp3) is 0.667. The maximum absolute atomic E-state index is 6.02. The third kappa shape index (κ3) is 5.10. The Morgan fingerprint density at radius 2 is 1.90 bits per heavy atom. The van der Waals surface area contributed by atoms with E-state index in [1.165, 1.54) is 31.2 Å². The van der Waals surface area contributed by atoms with E-state index in [2.05, 4.69) is 19.1 Å². The van der Waals surface area contributed by atoms with Gasteiger partial charge in [-0.15, -0.1) is 0 Å². The third-order valence-corrected chi connectivity index (χ3v) is 4.65. The van der Waals surface area contributed by atoms with Gasteiger partial charge in [0.25, 0.3) is 0 Å². The number of hydrogen-bond donors (Lipinski definition) is 1. The molecule has 118 valence electrons. The van der Waals surface area contributed by atoms with Crippen molar-refractivity contribution in [3.05, 3.63) is 35.9 Å². The van der Waals surface area contributed by atoms with Gasteiger partial charge in [-0.2, -0.15) is 0 Å². The molecule has 2 rings (SSSR count). The molecule has 0 heterocycles. The molecular formula is C18H29NO2. The predicted molar refractivity (Wildman–Crippen MR) is 85.8 cm³/mol.